The number of aryl methyl sites for hydroxylation is 1. The summed E-state index contributed by atoms with van der Waals surface area (Å²) >= 11 is 2.85. The monoisotopic (exact) mass is 494 g/mol. The quantitative estimate of drug-likeness (QED) is 0.372. The number of anilines is 1. The molecule has 1 atom stereocenters. The summed E-state index contributed by atoms with van der Waals surface area (Å²) in [6, 6.07) is 9.97. The maximum atomic E-state index is 12.5. The third kappa shape index (κ3) is 4.40. The summed E-state index contributed by atoms with van der Waals surface area (Å²) in [5, 5.41) is 13.5. The number of hydrogen-bond donors (Lipinski definition) is 2. The minimum Gasteiger partial charge on any atom is -0.397 e. The Kier molecular flexibility index (Phi) is 6.53. The molecule has 0 bridgehead atoms. The van der Waals surface area contributed by atoms with Crippen molar-refractivity contribution in [3.8, 4) is 16.4 Å². The van der Waals surface area contributed by atoms with Gasteiger partial charge in [0.2, 0.25) is 5.91 Å². The molecule has 8 nitrogen and oxygen atoms in total. The van der Waals surface area contributed by atoms with Crippen LogP contribution < -0.4 is 11.1 Å². The third-order valence-corrected chi connectivity index (χ3v) is 8.10. The van der Waals surface area contributed by atoms with Gasteiger partial charge in [0.05, 0.1) is 28.1 Å². The topological polar surface area (TPSA) is 108 Å². The van der Waals surface area contributed by atoms with E-state index in [1.807, 2.05) is 28.8 Å². The number of pyridine rings is 1. The highest BCUT2D eigenvalue weighted by molar-refractivity contribution is 7.99. The van der Waals surface area contributed by atoms with Crippen molar-refractivity contribution in [3.63, 3.8) is 0 Å². The Hall–Kier alpha value is -2.95. The number of benzene rings is 1. The van der Waals surface area contributed by atoms with Crippen LogP contribution >= 0.6 is 23.1 Å². The van der Waals surface area contributed by atoms with Crippen LogP contribution in [0.4, 0.5) is 5.69 Å². The Morgan fingerprint density at radius 3 is 2.97 bits per heavy atom. The Bertz CT molecular complexity index is 1340. The molecule has 1 aliphatic rings. The minimum atomic E-state index is -0.0526. The molecule has 176 valence electrons. The molecule has 1 saturated heterocycles. The molecule has 3 aromatic heterocycles. The summed E-state index contributed by atoms with van der Waals surface area (Å²) in [5.41, 5.74) is 10.4. The van der Waals surface area contributed by atoms with Crippen molar-refractivity contribution in [2.45, 2.75) is 37.9 Å². The van der Waals surface area contributed by atoms with Crippen molar-refractivity contribution in [2.24, 2.45) is 0 Å². The van der Waals surface area contributed by atoms with Crippen LogP contribution in [0.1, 0.15) is 24.0 Å². The number of ether oxygens (including phenoxy) is 1. The lowest BCUT2D eigenvalue weighted by Crippen LogP contribution is -2.32. The van der Waals surface area contributed by atoms with Gasteiger partial charge in [-0.2, -0.15) is 0 Å². The van der Waals surface area contributed by atoms with Crippen LogP contribution in [0.5, 0.6) is 0 Å². The van der Waals surface area contributed by atoms with Gasteiger partial charge in [-0.25, -0.2) is 4.98 Å². The van der Waals surface area contributed by atoms with Crippen LogP contribution in [0.3, 0.4) is 0 Å². The molecule has 0 saturated carbocycles. The van der Waals surface area contributed by atoms with E-state index in [0.29, 0.717) is 23.2 Å². The molecular weight excluding hydrogens is 468 g/mol. The fourth-order valence-electron chi connectivity index (χ4n) is 4.04. The van der Waals surface area contributed by atoms with E-state index in [-0.39, 0.29) is 17.8 Å². The van der Waals surface area contributed by atoms with Gasteiger partial charge in [-0.3, -0.25) is 9.36 Å². The first-order valence-corrected chi connectivity index (χ1v) is 13.0. The molecule has 5 rings (SSSR count). The molecule has 0 unspecified atom stereocenters. The number of fused-ring (bicyclic) bond motifs is 1. The van der Waals surface area contributed by atoms with Crippen LogP contribution in [0.25, 0.3) is 26.6 Å². The molecule has 1 aliphatic heterocycles. The number of nitrogens with zero attached hydrogens (tertiary/aromatic N) is 4. The van der Waals surface area contributed by atoms with Crippen LogP contribution in [-0.4, -0.2) is 50.7 Å². The molecular formula is C24H26N6O2S2. The van der Waals surface area contributed by atoms with E-state index in [1.165, 1.54) is 23.1 Å². The van der Waals surface area contributed by atoms with E-state index in [4.69, 9.17) is 10.5 Å². The number of thiophene rings is 1. The lowest BCUT2D eigenvalue weighted by atomic mass is 10.1. The summed E-state index contributed by atoms with van der Waals surface area (Å²) in [6.07, 6.45) is 3.91. The van der Waals surface area contributed by atoms with Gasteiger partial charge < -0.3 is 15.8 Å². The molecule has 1 aromatic carbocycles. The molecule has 1 fully saturated rings. The van der Waals surface area contributed by atoms with Gasteiger partial charge in [0.1, 0.15) is 4.83 Å². The fourth-order valence-corrected chi connectivity index (χ4v) is 5.85. The van der Waals surface area contributed by atoms with Crippen molar-refractivity contribution in [2.75, 3.05) is 24.6 Å². The Balaban J connectivity index is 1.48. The highest BCUT2D eigenvalue weighted by Crippen LogP contribution is 2.41. The second kappa shape index (κ2) is 9.73. The van der Waals surface area contributed by atoms with E-state index < -0.39 is 0 Å². The number of rotatable bonds is 7. The average Bonchev–Trinajstić information content (AvgIpc) is 3.58. The van der Waals surface area contributed by atoms with Gasteiger partial charge in [0.15, 0.2) is 11.0 Å². The third-order valence-electron chi connectivity index (χ3n) is 6.04. The number of hydrogen-bond acceptors (Lipinski definition) is 8. The van der Waals surface area contributed by atoms with E-state index in [0.717, 1.165) is 51.4 Å². The summed E-state index contributed by atoms with van der Waals surface area (Å²) in [4.78, 5) is 18.6. The predicted octanol–water partition coefficient (Wildman–Crippen LogP) is 4.13. The molecule has 34 heavy (non-hydrogen) atoms. The van der Waals surface area contributed by atoms with Gasteiger partial charge in [-0.05, 0) is 56.0 Å². The van der Waals surface area contributed by atoms with Crippen molar-refractivity contribution in [1.82, 2.24) is 25.1 Å². The second-order valence-electron chi connectivity index (χ2n) is 8.29. The van der Waals surface area contributed by atoms with Crippen LogP contribution in [0, 0.1) is 13.8 Å². The van der Waals surface area contributed by atoms with E-state index >= 15 is 0 Å². The van der Waals surface area contributed by atoms with Gasteiger partial charge in [0.25, 0.3) is 0 Å². The van der Waals surface area contributed by atoms with E-state index in [1.54, 1.807) is 6.20 Å². The normalized spacial score (nSPS) is 15.8. The molecule has 0 spiro atoms. The van der Waals surface area contributed by atoms with Crippen molar-refractivity contribution in [3.05, 3.63) is 47.7 Å². The predicted molar refractivity (Wildman–Crippen MR) is 137 cm³/mol. The Labute approximate surface area is 205 Å². The SMILES string of the molecule is Cc1cccc(-n2c(SCC(=O)NC[C@H]3CCCO3)nnc2-c2sc3ncccc3c2N)c1C. The average molecular weight is 495 g/mol. The summed E-state index contributed by atoms with van der Waals surface area (Å²) in [5.74, 6) is 0.832. The zero-order valence-electron chi connectivity index (χ0n) is 19.1. The number of nitrogens with two attached hydrogens (primary N) is 1. The molecule has 0 aliphatic carbocycles. The number of aromatic nitrogens is 4. The number of carbonyl (C=O) groups is 1. The summed E-state index contributed by atoms with van der Waals surface area (Å²) in [6.45, 7) is 5.46. The van der Waals surface area contributed by atoms with Gasteiger partial charge >= 0.3 is 0 Å². The first kappa shape index (κ1) is 22.8. The lowest BCUT2D eigenvalue weighted by molar-refractivity contribution is -0.119. The molecule has 4 aromatic rings. The number of nitrogen functional groups attached to an aromatic ring is 1. The number of thioether (sulfide) groups is 1. The first-order chi connectivity index (χ1) is 16.5. The highest BCUT2D eigenvalue weighted by Gasteiger charge is 2.23. The molecule has 10 heteroatoms. The minimum absolute atomic E-state index is 0.0526. The van der Waals surface area contributed by atoms with Crippen molar-refractivity contribution >= 4 is 44.9 Å². The van der Waals surface area contributed by atoms with Crippen LogP contribution in [0.2, 0.25) is 0 Å². The van der Waals surface area contributed by atoms with Gasteiger partial charge in [-0.15, -0.1) is 21.5 Å². The maximum Gasteiger partial charge on any atom is 0.230 e. The summed E-state index contributed by atoms with van der Waals surface area (Å²) < 4.78 is 7.59. The Morgan fingerprint density at radius 1 is 1.29 bits per heavy atom. The standard InChI is InChI=1S/C24H26N6O2S2/c1-14-6-3-9-18(15(14)2)30-22(21-20(25)17-8-4-10-26-23(17)34-21)28-29-24(30)33-13-19(31)27-12-16-7-5-11-32-16/h3-4,6,8-10,16H,5,7,11-13,25H2,1-2H3,(H,27,31)/t16-/m1/s1. The largest absolute Gasteiger partial charge is 0.397 e. The smallest absolute Gasteiger partial charge is 0.230 e. The lowest BCUT2D eigenvalue weighted by Gasteiger charge is -2.14. The van der Waals surface area contributed by atoms with Gasteiger partial charge in [-0.1, -0.05) is 23.9 Å². The van der Waals surface area contributed by atoms with E-state index in [2.05, 4.69) is 40.4 Å². The Morgan fingerprint density at radius 2 is 2.18 bits per heavy atom. The maximum absolute atomic E-state index is 12.5. The number of nitrogens with one attached hydrogen (secondary N) is 1. The zero-order chi connectivity index (χ0) is 23.7. The van der Waals surface area contributed by atoms with E-state index in [9.17, 15) is 4.79 Å². The summed E-state index contributed by atoms with van der Waals surface area (Å²) in [7, 11) is 0. The van der Waals surface area contributed by atoms with Crippen LogP contribution in [0.15, 0.2) is 41.7 Å². The van der Waals surface area contributed by atoms with Crippen molar-refractivity contribution < 1.29 is 9.53 Å². The molecule has 4 heterocycles. The fraction of sp³-hybridized carbons (Fsp3) is 0.333. The second-order valence-corrected chi connectivity index (χ2v) is 10.2. The molecule has 1 amide bonds. The molecule has 3 N–H and O–H groups in total. The molecule has 0 radical (unpaired) electrons. The van der Waals surface area contributed by atoms with Gasteiger partial charge in [0, 0.05) is 24.7 Å². The first-order valence-electron chi connectivity index (χ1n) is 11.2. The van der Waals surface area contributed by atoms with Crippen LogP contribution in [-0.2, 0) is 9.53 Å². The highest BCUT2D eigenvalue weighted by atomic mass is 32.2. The zero-order valence-corrected chi connectivity index (χ0v) is 20.7. The van der Waals surface area contributed by atoms with Crippen molar-refractivity contribution in [1.29, 1.82) is 0 Å². The number of carbonyl (C=O) groups excluding carboxylic acids is 1. The number of amides is 1.